The average Bonchev–Trinajstić information content (AvgIpc) is 3.50. The molecule has 1 aromatic rings. The Hall–Kier alpha value is -2.04. The fourth-order valence-corrected chi connectivity index (χ4v) is 5.58. The van der Waals surface area contributed by atoms with Gasteiger partial charge in [0, 0.05) is 37.8 Å². The second-order valence-electron chi connectivity index (χ2n) is 10.6. The molecule has 1 unspecified atom stereocenters. The summed E-state index contributed by atoms with van der Waals surface area (Å²) in [5, 5.41) is 16.4. The van der Waals surface area contributed by atoms with Gasteiger partial charge in [-0.15, -0.1) is 11.3 Å². The largest absolute Gasteiger partial charge is 0.344 e. The highest BCUT2D eigenvalue weighted by atomic mass is 32.1. The van der Waals surface area contributed by atoms with E-state index < -0.39 is 17.4 Å². The van der Waals surface area contributed by atoms with Gasteiger partial charge in [-0.2, -0.15) is 0 Å². The Kier molecular flexibility index (Phi) is 9.44. The molecular weight excluding hydrogens is 454 g/mol. The first kappa shape index (κ1) is 26.6. The van der Waals surface area contributed by atoms with Gasteiger partial charge >= 0.3 is 0 Å². The Bertz CT molecular complexity index is 799. The van der Waals surface area contributed by atoms with Gasteiger partial charge in [-0.1, -0.05) is 46.5 Å². The zero-order chi connectivity index (χ0) is 24.7. The molecule has 0 bridgehead atoms. The molecule has 1 aliphatic heterocycles. The minimum absolute atomic E-state index is 0.0632. The van der Waals surface area contributed by atoms with Crippen molar-refractivity contribution >= 4 is 29.6 Å². The molecule has 2 N–H and O–H groups in total. The highest BCUT2D eigenvalue weighted by Crippen LogP contribution is 2.31. The van der Waals surface area contributed by atoms with Gasteiger partial charge < -0.3 is 10.2 Å². The van der Waals surface area contributed by atoms with E-state index in [0.717, 1.165) is 50.3 Å². The van der Waals surface area contributed by atoms with Crippen LogP contribution in [0.5, 0.6) is 0 Å². The number of rotatable bonds is 10. The van der Waals surface area contributed by atoms with Crippen LogP contribution < -0.4 is 5.32 Å². The topological polar surface area (TPSA) is 106 Å². The third-order valence-electron chi connectivity index (χ3n) is 6.92. The van der Waals surface area contributed by atoms with Gasteiger partial charge in [0.2, 0.25) is 18.2 Å². The molecule has 1 saturated carbocycles. The Morgan fingerprint density at radius 2 is 1.94 bits per heavy atom. The second kappa shape index (κ2) is 12.1. The van der Waals surface area contributed by atoms with E-state index in [9.17, 15) is 19.6 Å². The third kappa shape index (κ3) is 7.48. The monoisotopic (exact) mass is 493 g/mol. The van der Waals surface area contributed by atoms with Crippen LogP contribution in [0.4, 0.5) is 0 Å². The minimum atomic E-state index is -0.681. The van der Waals surface area contributed by atoms with E-state index in [-0.39, 0.29) is 18.4 Å². The van der Waals surface area contributed by atoms with Crippen LogP contribution in [-0.2, 0) is 20.9 Å². The molecule has 9 nitrogen and oxygen atoms in total. The van der Waals surface area contributed by atoms with Crippen molar-refractivity contribution in [1.29, 1.82) is 0 Å². The van der Waals surface area contributed by atoms with E-state index in [1.807, 2.05) is 37.2 Å². The number of carbonyl (C=O) groups excluding carboxylic acids is 3. The lowest BCUT2D eigenvalue weighted by Gasteiger charge is -2.39. The first-order valence-electron chi connectivity index (χ1n) is 12.3. The van der Waals surface area contributed by atoms with Crippen LogP contribution >= 0.6 is 11.3 Å². The molecule has 2 fully saturated rings. The molecular formula is C24H39N5O4S. The molecule has 34 heavy (non-hydrogen) atoms. The van der Waals surface area contributed by atoms with Crippen molar-refractivity contribution in [3.05, 3.63) is 16.6 Å². The van der Waals surface area contributed by atoms with Gasteiger partial charge in [0.15, 0.2) is 0 Å². The van der Waals surface area contributed by atoms with Crippen molar-refractivity contribution in [1.82, 2.24) is 25.2 Å². The van der Waals surface area contributed by atoms with E-state index >= 15 is 0 Å². The number of nitrogens with zero attached hydrogens (tertiary/aromatic N) is 4. The molecule has 10 heteroatoms. The van der Waals surface area contributed by atoms with Crippen LogP contribution in [0.15, 0.2) is 11.6 Å². The predicted molar refractivity (Wildman–Crippen MR) is 130 cm³/mol. The lowest BCUT2D eigenvalue weighted by atomic mass is 9.84. The normalized spacial score (nSPS) is 19.6. The van der Waals surface area contributed by atoms with Gasteiger partial charge in [-0.05, 0) is 17.8 Å². The van der Waals surface area contributed by atoms with Crippen molar-refractivity contribution in [3.63, 3.8) is 0 Å². The molecule has 1 aliphatic carbocycles. The van der Waals surface area contributed by atoms with Gasteiger partial charge in [0.1, 0.15) is 11.0 Å². The molecule has 2 atom stereocenters. The van der Waals surface area contributed by atoms with E-state index in [0.29, 0.717) is 36.9 Å². The molecule has 1 saturated heterocycles. The quantitative estimate of drug-likeness (QED) is 0.294. The van der Waals surface area contributed by atoms with Crippen LogP contribution in [-0.4, -0.2) is 82.0 Å². The van der Waals surface area contributed by atoms with Crippen LogP contribution in [0.25, 0.3) is 0 Å². The summed E-state index contributed by atoms with van der Waals surface area (Å²) in [5.74, 6) is -0.495. The number of thiazole rings is 1. The maximum atomic E-state index is 13.5. The number of carbonyl (C=O) groups is 3. The smallest absolute Gasteiger partial charge is 0.245 e. The molecule has 0 radical (unpaired) electrons. The van der Waals surface area contributed by atoms with E-state index in [1.165, 1.54) is 0 Å². The minimum Gasteiger partial charge on any atom is -0.344 e. The van der Waals surface area contributed by atoms with Crippen molar-refractivity contribution in [2.24, 2.45) is 17.3 Å². The number of aromatic nitrogens is 1. The lowest BCUT2D eigenvalue weighted by Crippen LogP contribution is -2.59. The summed E-state index contributed by atoms with van der Waals surface area (Å²) >= 11 is 1.63. The van der Waals surface area contributed by atoms with Gasteiger partial charge in [0.05, 0.1) is 19.0 Å². The van der Waals surface area contributed by atoms with Gasteiger partial charge in [-0.25, -0.2) is 10.0 Å². The summed E-state index contributed by atoms with van der Waals surface area (Å²) in [6.07, 6.45) is 7.15. The van der Waals surface area contributed by atoms with E-state index in [4.69, 9.17) is 0 Å². The highest BCUT2D eigenvalue weighted by Gasteiger charge is 2.38. The van der Waals surface area contributed by atoms with E-state index in [2.05, 4.69) is 15.2 Å². The van der Waals surface area contributed by atoms with Crippen molar-refractivity contribution in [3.8, 4) is 0 Å². The predicted octanol–water partition coefficient (Wildman–Crippen LogP) is 2.36. The number of hydroxylamine groups is 2. The van der Waals surface area contributed by atoms with E-state index in [1.54, 1.807) is 11.3 Å². The summed E-state index contributed by atoms with van der Waals surface area (Å²) in [4.78, 5) is 46.3. The van der Waals surface area contributed by atoms with Crippen LogP contribution in [0.1, 0.15) is 57.9 Å². The molecule has 3 rings (SSSR count). The van der Waals surface area contributed by atoms with Crippen molar-refractivity contribution in [2.75, 3.05) is 32.7 Å². The number of hydrogen-bond donors (Lipinski definition) is 2. The molecule has 0 aromatic carbocycles. The molecule has 2 aliphatic rings. The SMILES string of the molecule is CC(C)(C)[C@H](NC(=O)C(CC1CCCC1)CN(O)C=O)C(=O)N1CCN(Cc2nccs2)CC1. The zero-order valence-corrected chi connectivity index (χ0v) is 21.4. The van der Waals surface area contributed by atoms with Crippen molar-refractivity contribution in [2.45, 2.75) is 65.5 Å². The summed E-state index contributed by atoms with van der Waals surface area (Å²) in [7, 11) is 0. The maximum absolute atomic E-state index is 13.5. The first-order chi connectivity index (χ1) is 16.2. The fourth-order valence-electron chi connectivity index (χ4n) is 4.92. The number of amides is 3. The standard InChI is InChI=1S/C24H39N5O4S/c1-24(2,3)21(23(32)28-11-9-27(10-12-28)16-20-25-8-13-34-20)26-22(31)19(15-29(33)17-30)14-18-6-4-5-7-18/h8,13,17-19,21,33H,4-7,9-12,14-16H2,1-3H3,(H,26,31)/t19?,21-/m1/s1. The Morgan fingerprint density at radius 3 is 2.50 bits per heavy atom. The summed E-state index contributed by atoms with van der Waals surface area (Å²) in [6, 6.07) is -0.681. The zero-order valence-electron chi connectivity index (χ0n) is 20.6. The Balaban J connectivity index is 1.62. The highest BCUT2D eigenvalue weighted by molar-refractivity contribution is 7.09. The lowest BCUT2D eigenvalue weighted by molar-refractivity contribution is -0.156. The third-order valence-corrected chi connectivity index (χ3v) is 7.68. The van der Waals surface area contributed by atoms with Crippen LogP contribution in [0, 0.1) is 17.3 Å². The molecule has 1 aromatic heterocycles. The number of piperazine rings is 1. The van der Waals surface area contributed by atoms with Crippen LogP contribution in [0.2, 0.25) is 0 Å². The maximum Gasteiger partial charge on any atom is 0.245 e. The Labute approximate surface area is 206 Å². The number of nitrogens with one attached hydrogen (secondary N) is 1. The molecule has 2 heterocycles. The fraction of sp³-hybridized carbons (Fsp3) is 0.750. The summed E-state index contributed by atoms with van der Waals surface area (Å²) in [5.41, 5.74) is -0.480. The van der Waals surface area contributed by atoms with Crippen molar-refractivity contribution < 1.29 is 19.6 Å². The summed E-state index contributed by atoms with van der Waals surface area (Å²) in [6.45, 7) is 9.31. The molecule has 190 valence electrons. The first-order valence-corrected chi connectivity index (χ1v) is 13.2. The van der Waals surface area contributed by atoms with Crippen LogP contribution in [0.3, 0.4) is 0 Å². The summed E-state index contributed by atoms with van der Waals surface area (Å²) < 4.78 is 0. The molecule has 0 spiro atoms. The molecule has 3 amide bonds. The number of hydrogen-bond acceptors (Lipinski definition) is 7. The second-order valence-corrected chi connectivity index (χ2v) is 11.6. The van der Waals surface area contributed by atoms with Gasteiger partial charge in [-0.3, -0.25) is 24.5 Å². The average molecular weight is 494 g/mol. The Morgan fingerprint density at radius 1 is 1.26 bits per heavy atom. The van der Waals surface area contributed by atoms with Gasteiger partial charge in [0.25, 0.3) is 0 Å².